The number of benzene rings is 1. The van der Waals surface area contributed by atoms with Crippen molar-refractivity contribution >= 4 is 17.7 Å². The van der Waals surface area contributed by atoms with Crippen LogP contribution in [0.1, 0.15) is 5.56 Å². The van der Waals surface area contributed by atoms with Crippen LogP contribution in [0, 0.1) is 6.92 Å². The lowest BCUT2D eigenvalue weighted by Crippen LogP contribution is -1.97. The molecule has 1 aromatic carbocycles. The van der Waals surface area contributed by atoms with Gasteiger partial charge in [-0.2, -0.15) is 4.98 Å². The number of carbonyl (C=O) groups is 1. The second-order valence-corrected chi connectivity index (χ2v) is 5.57. The minimum absolute atomic E-state index is 0.0795. The van der Waals surface area contributed by atoms with Crippen LogP contribution in [-0.4, -0.2) is 32.0 Å². The number of nitrogens with one attached hydrogen (secondary N) is 1. The zero-order chi connectivity index (χ0) is 15.5. The van der Waals surface area contributed by atoms with Crippen LogP contribution in [0.15, 0.2) is 46.0 Å². The number of aliphatic carboxylic acids is 1. The summed E-state index contributed by atoms with van der Waals surface area (Å²) in [5.74, 6) is 0.810. The normalized spacial score (nSPS) is 10.8. The Kier molecular flexibility index (Phi) is 3.97. The van der Waals surface area contributed by atoms with Crippen molar-refractivity contribution in [3.63, 3.8) is 0 Å². The van der Waals surface area contributed by atoms with Gasteiger partial charge in [0.15, 0.2) is 11.6 Å². The second kappa shape index (κ2) is 6.07. The van der Waals surface area contributed by atoms with Gasteiger partial charge >= 0.3 is 5.97 Å². The van der Waals surface area contributed by atoms with E-state index in [1.165, 1.54) is 0 Å². The number of aryl methyl sites for hydroxylation is 1. The molecule has 0 spiro atoms. The number of furan rings is 1. The zero-order valence-electron chi connectivity index (χ0n) is 11.7. The molecule has 3 rings (SSSR count). The summed E-state index contributed by atoms with van der Waals surface area (Å²) in [5, 5.41) is 15.8. The van der Waals surface area contributed by atoms with E-state index in [-0.39, 0.29) is 5.75 Å². The molecule has 22 heavy (non-hydrogen) atoms. The maximum Gasteiger partial charge on any atom is 0.313 e. The molecule has 0 unspecified atom stereocenters. The number of carboxylic acid groups (broad SMARTS) is 1. The predicted octanol–water partition coefficient (Wildman–Crippen LogP) is 3.22. The minimum Gasteiger partial charge on any atom is -0.481 e. The van der Waals surface area contributed by atoms with E-state index in [1.54, 1.807) is 0 Å². The van der Waals surface area contributed by atoms with Crippen molar-refractivity contribution < 1.29 is 14.3 Å². The molecule has 0 aliphatic heterocycles. The van der Waals surface area contributed by atoms with Gasteiger partial charge in [0.1, 0.15) is 5.76 Å². The van der Waals surface area contributed by atoms with Crippen LogP contribution in [0.2, 0.25) is 0 Å². The molecule has 2 heterocycles. The zero-order valence-corrected chi connectivity index (χ0v) is 12.6. The van der Waals surface area contributed by atoms with E-state index in [0.29, 0.717) is 16.7 Å². The highest BCUT2D eigenvalue weighted by Gasteiger charge is 2.13. The van der Waals surface area contributed by atoms with E-state index < -0.39 is 5.97 Å². The number of aromatic amines is 1. The van der Waals surface area contributed by atoms with Crippen LogP contribution in [0.25, 0.3) is 22.9 Å². The van der Waals surface area contributed by atoms with Crippen molar-refractivity contribution in [2.75, 3.05) is 5.75 Å². The third kappa shape index (κ3) is 3.04. The molecule has 3 aromatic rings. The Hall–Kier alpha value is -2.54. The highest BCUT2D eigenvalue weighted by atomic mass is 32.2. The van der Waals surface area contributed by atoms with Crippen LogP contribution >= 0.6 is 11.8 Å². The summed E-state index contributed by atoms with van der Waals surface area (Å²) in [6.45, 7) is 2.02. The van der Waals surface area contributed by atoms with Crippen molar-refractivity contribution in [3.05, 3.63) is 42.0 Å². The summed E-state index contributed by atoms with van der Waals surface area (Å²) < 4.78 is 5.82. The number of aromatic nitrogens is 3. The highest BCUT2D eigenvalue weighted by Crippen LogP contribution is 2.29. The summed E-state index contributed by atoms with van der Waals surface area (Å²) >= 11 is 1.05. The number of rotatable bonds is 5. The van der Waals surface area contributed by atoms with E-state index in [2.05, 4.69) is 15.2 Å². The molecule has 0 fully saturated rings. The molecule has 2 aromatic heterocycles. The Morgan fingerprint density at radius 1 is 1.27 bits per heavy atom. The average molecular weight is 315 g/mol. The lowest BCUT2D eigenvalue weighted by Gasteiger charge is -2.00. The summed E-state index contributed by atoms with van der Waals surface area (Å²) in [5.41, 5.74) is 2.15. The maximum atomic E-state index is 10.5. The molecule has 0 aliphatic rings. The number of thioether (sulfide) groups is 1. The van der Waals surface area contributed by atoms with Gasteiger partial charge in [0.05, 0.1) is 5.75 Å². The van der Waals surface area contributed by atoms with Gasteiger partial charge in [-0.3, -0.25) is 9.89 Å². The van der Waals surface area contributed by atoms with E-state index in [0.717, 1.165) is 28.6 Å². The number of nitrogens with zero attached hydrogens (tertiary/aromatic N) is 2. The SMILES string of the molecule is Cc1ccccc1-c1ccc(-c2nc(SCC(=O)O)n[nH]2)o1. The van der Waals surface area contributed by atoms with Gasteiger partial charge in [0.25, 0.3) is 0 Å². The summed E-state index contributed by atoms with van der Waals surface area (Å²) in [6, 6.07) is 11.6. The molecule has 0 saturated heterocycles. The smallest absolute Gasteiger partial charge is 0.313 e. The van der Waals surface area contributed by atoms with Crippen molar-refractivity contribution in [1.29, 1.82) is 0 Å². The van der Waals surface area contributed by atoms with Crippen LogP contribution < -0.4 is 0 Å². The molecular formula is C15H13N3O3S. The summed E-state index contributed by atoms with van der Waals surface area (Å²) in [7, 11) is 0. The van der Waals surface area contributed by atoms with Gasteiger partial charge in [-0.25, -0.2) is 0 Å². The molecular weight excluding hydrogens is 302 g/mol. The van der Waals surface area contributed by atoms with Gasteiger partial charge in [0, 0.05) is 5.56 Å². The lowest BCUT2D eigenvalue weighted by atomic mass is 10.1. The Labute approximate surface area is 130 Å². The Balaban J connectivity index is 1.82. The molecule has 0 saturated carbocycles. The van der Waals surface area contributed by atoms with Gasteiger partial charge in [-0.15, -0.1) is 5.10 Å². The first-order valence-electron chi connectivity index (χ1n) is 6.56. The molecule has 112 valence electrons. The highest BCUT2D eigenvalue weighted by molar-refractivity contribution is 7.99. The van der Waals surface area contributed by atoms with Crippen LogP contribution in [0.3, 0.4) is 0 Å². The first-order chi connectivity index (χ1) is 10.6. The van der Waals surface area contributed by atoms with Crippen LogP contribution in [0.4, 0.5) is 0 Å². The van der Waals surface area contributed by atoms with Crippen molar-refractivity contribution in [2.45, 2.75) is 12.1 Å². The molecule has 0 aliphatic carbocycles. The maximum absolute atomic E-state index is 10.5. The fourth-order valence-corrected chi connectivity index (χ4v) is 2.53. The third-order valence-electron chi connectivity index (χ3n) is 3.04. The standard InChI is InChI=1S/C15H13N3O3S/c1-9-4-2-3-5-10(9)11-6-7-12(21-11)14-16-15(18-17-14)22-8-13(19)20/h2-7H,8H2,1H3,(H,19,20)(H,16,17,18). The van der Waals surface area contributed by atoms with E-state index in [1.807, 2.05) is 43.3 Å². The number of H-pyrrole nitrogens is 1. The molecule has 0 bridgehead atoms. The summed E-state index contributed by atoms with van der Waals surface area (Å²) in [6.07, 6.45) is 0. The third-order valence-corrected chi connectivity index (χ3v) is 3.87. The fraction of sp³-hybridized carbons (Fsp3) is 0.133. The van der Waals surface area contributed by atoms with Crippen molar-refractivity contribution in [1.82, 2.24) is 15.2 Å². The van der Waals surface area contributed by atoms with Crippen LogP contribution in [-0.2, 0) is 4.79 Å². The Morgan fingerprint density at radius 3 is 2.82 bits per heavy atom. The number of hydrogen-bond acceptors (Lipinski definition) is 5. The van der Waals surface area contributed by atoms with Crippen molar-refractivity contribution in [2.24, 2.45) is 0 Å². The monoisotopic (exact) mass is 315 g/mol. The first-order valence-corrected chi connectivity index (χ1v) is 7.55. The van der Waals surface area contributed by atoms with Gasteiger partial charge in [0.2, 0.25) is 5.16 Å². The molecule has 0 atom stereocenters. The fourth-order valence-electron chi connectivity index (χ4n) is 2.01. The lowest BCUT2D eigenvalue weighted by molar-refractivity contribution is -0.133. The quantitative estimate of drug-likeness (QED) is 0.702. The summed E-state index contributed by atoms with van der Waals surface area (Å²) in [4.78, 5) is 14.8. The predicted molar refractivity (Wildman–Crippen MR) is 82.6 cm³/mol. The number of hydrogen-bond donors (Lipinski definition) is 2. The van der Waals surface area contributed by atoms with Crippen molar-refractivity contribution in [3.8, 4) is 22.9 Å². The van der Waals surface area contributed by atoms with E-state index in [9.17, 15) is 4.79 Å². The number of carboxylic acids is 1. The second-order valence-electron chi connectivity index (χ2n) is 4.63. The topological polar surface area (TPSA) is 92.0 Å². The largest absolute Gasteiger partial charge is 0.481 e. The van der Waals surface area contributed by atoms with Gasteiger partial charge in [-0.1, -0.05) is 36.0 Å². The van der Waals surface area contributed by atoms with E-state index in [4.69, 9.17) is 9.52 Å². The molecule has 2 N–H and O–H groups in total. The Morgan fingerprint density at radius 2 is 2.05 bits per heavy atom. The Bertz CT molecular complexity index is 810. The average Bonchev–Trinajstić information content (AvgIpc) is 3.14. The van der Waals surface area contributed by atoms with E-state index >= 15 is 0 Å². The molecule has 6 nitrogen and oxygen atoms in total. The minimum atomic E-state index is -0.906. The van der Waals surface area contributed by atoms with Crippen LogP contribution in [0.5, 0.6) is 0 Å². The molecule has 0 radical (unpaired) electrons. The first kappa shape index (κ1) is 14.4. The van der Waals surface area contributed by atoms with Gasteiger partial charge < -0.3 is 9.52 Å². The molecule has 0 amide bonds. The molecule has 7 heteroatoms. The van der Waals surface area contributed by atoms with Gasteiger partial charge in [-0.05, 0) is 24.6 Å².